The Morgan fingerprint density at radius 1 is 1.33 bits per heavy atom. The number of imidazole rings is 1. The molecule has 120 valence electrons. The zero-order valence-corrected chi connectivity index (χ0v) is 12.3. The van der Waals surface area contributed by atoms with Gasteiger partial charge in [-0.15, -0.1) is 0 Å². The summed E-state index contributed by atoms with van der Waals surface area (Å²) in [5, 5.41) is 17.7. The van der Waals surface area contributed by atoms with Gasteiger partial charge in [-0.05, 0) is 19.1 Å². The van der Waals surface area contributed by atoms with E-state index in [1.807, 2.05) is 6.07 Å². The summed E-state index contributed by atoms with van der Waals surface area (Å²) in [6, 6.07) is 5.06. The van der Waals surface area contributed by atoms with E-state index in [1.54, 1.807) is 6.92 Å². The summed E-state index contributed by atoms with van der Waals surface area (Å²) in [4.78, 5) is 19.1. The molecular weight excluding hydrogens is 318 g/mol. The highest BCUT2D eigenvalue weighted by Gasteiger charge is 2.20. The molecule has 0 fully saturated rings. The summed E-state index contributed by atoms with van der Waals surface area (Å²) in [6.45, 7) is 1.67. The summed E-state index contributed by atoms with van der Waals surface area (Å²) >= 11 is 0. The second-order valence-corrected chi connectivity index (χ2v) is 4.88. The van der Waals surface area contributed by atoms with Crippen molar-refractivity contribution in [3.8, 4) is 17.6 Å². The summed E-state index contributed by atoms with van der Waals surface area (Å²) in [5.74, 6) is -2.64. The molecule has 24 heavy (non-hydrogen) atoms. The molecule has 1 aromatic carbocycles. The second kappa shape index (κ2) is 5.92. The molecule has 0 aliphatic heterocycles. The molecule has 0 saturated heterocycles. The molecule has 0 spiro atoms. The number of halogens is 2. The van der Waals surface area contributed by atoms with Crippen molar-refractivity contribution < 1.29 is 13.6 Å². The first-order valence-corrected chi connectivity index (χ1v) is 6.77. The topological polar surface area (TPSA) is 110 Å². The van der Waals surface area contributed by atoms with E-state index in [4.69, 9.17) is 5.26 Å². The molecule has 0 radical (unpaired) electrons. The van der Waals surface area contributed by atoms with Crippen molar-refractivity contribution in [1.29, 1.82) is 5.26 Å². The number of anilines is 1. The van der Waals surface area contributed by atoms with Crippen molar-refractivity contribution in [2.45, 2.75) is 6.92 Å². The quantitative estimate of drug-likeness (QED) is 0.686. The minimum absolute atomic E-state index is 0.167. The molecule has 9 heteroatoms. The van der Waals surface area contributed by atoms with E-state index in [0.29, 0.717) is 5.69 Å². The zero-order chi connectivity index (χ0) is 17.3. The van der Waals surface area contributed by atoms with E-state index in [-0.39, 0.29) is 22.9 Å². The molecule has 1 amide bonds. The van der Waals surface area contributed by atoms with E-state index in [9.17, 15) is 13.6 Å². The lowest BCUT2D eigenvalue weighted by Gasteiger charge is -2.06. The van der Waals surface area contributed by atoms with Crippen LogP contribution in [0.4, 0.5) is 14.5 Å². The van der Waals surface area contributed by atoms with Gasteiger partial charge in [0.2, 0.25) is 0 Å². The van der Waals surface area contributed by atoms with Gasteiger partial charge in [0.05, 0.1) is 17.6 Å². The third-order valence-corrected chi connectivity index (χ3v) is 3.30. The Morgan fingerprint density at radius 3 is 2.67 bits per heavy atom. The predicted molar refractivity (Wildman–Crippen MR) is 79.9 cm³/mol. The molecule has 0 aliphatic carbocycles. The average Bonchev–Trinajstić information content (AvgIpc) is 3.13. The van der Waals surface area contributed by atoms with Crippen LogP contribution in [0.25, 0.3) is 11.5 Å². The van der Waals surface area contributed by atoms with Crippen molar-refractivity contribution in [3.05, 3.63) is 53.0 Å². The maximum atomic E-state index is 13.7. The van der Waals surface area contributed by atoms with Crippen LogP contribution in [-0.2, 0) is 0 Å². The first kappa shape index (κ1) is 15.4. The lowest BCUT2D eigenvalue weighted by molar-refractivity contribution is 0.101. The molecule has 2 heterocycles. The third kappa shape index (κ3) is 2.61. The van der Waals surface area contributed by atoms with Crippen LogP contribution >= 0.6 is 0 Å². The van der Waals surface area contributed by atoms with E-state index in [0.717, 1.165) is 12.1 Å². The van der Waals surface area contributed by atoms with Gasteiger partial charge < -0.3 is 10.3 Å². The van der Waals surface area contributed by atoms with E-state index >= 15 is 0 Å². The minimum Gasteiger partial charge on any atom is -0.340 e. The Morgan fingerprint density at radius 2 is 2.04 bits per heavy atom. The highest BCUT2D eigenvalue weighted by Crippen LogP contribution is 2.25. The van der Waals surface area contributed by atoms with Gasteiger partial charge in [0.25, 0.3) is 5.91 Å². The monoisotopic (exact) mass is 328 g/mol. The number of aryl methyl sites for hydroxylation is 1. The highest BCUT2D eigenvalue weighted by molar-refractivity contribution is 6.06. The number of carbonyl (C=O) groups is 1. The molecule has 7 nitrogen and oxygen atoms in total. The number of aromatic nitrogens is 4. The zero-order valence-electron chi connectivity index (χ0n) is 12.3. The van der Waals surface area contributed by atoms with Crippen molar-refractivity contribution in [1.82, 2.24) is 20.2 Å². The van der Waals surface area contributed by atoms with Crippen LogP contribution in [0, 0.1) is 29.9 Å². The molecule has 0 aliphatic rings. The molecule has 3 N–H and O–H groups in total. The molecular formula is C15H10F2N6O. The van der Waals surface area contributed by atoms with Crippen LogP contribution in [0.2, 0.25) is 0 Å². The predicted octanol–water partition coefficient (Wildman–Crippen LogP) is 2.51. The van der Waals surface area contributed by atoms with Gasteiger partial charge in [0, 0.05) is 0 Å². The first-order chi connectivity index (χ1) is 11.5. The standard InChI is InChI=1S/C15H10F2N6O/c1-7-10(5-18)21-14(20-7)13-11(6-19-23-13)22-15(24)12-8(16)3-2-4-9(12)17/h2-4,6H,1H3,(H,19,23)(H,20,21)(H,22,24). The van der Waals surface area contributed by atoms with E-state index < -0.39 is 23.1 Å². The Balaban J connectivity index is 1.94. The van der Waals surface area contributed by atoms with Crippen molar-refractivity contribution in [2.75, 3.05) is 5.32 Å². The number of H-pyrrole nitrogens is 2. The van der Waals surface area contributed by atoms with Crippen LogP contribution in [0.1, 0.15) is 21.7 Å². The number of rotatable bonds is 3. The molecule has 0 unspecified atom stereocenters. The fourth-order valence-electron chi connectivity index (χ4n) is 2.15. The highest BCUT2D eigenvalue weighted by atomic mass is 19.1. The van der Waals surface area contributed by atoms with Crippen molar-refractivity contribution >= 4 is 11.6 Å². The smallest absolute Gasteiger partial charge is 0.261 e. The molecule has 0 atom stereocenters. The van der Waals surface area contributed by atoms with E-state index in [1.165, 1.54) is 12.3 Å². The van der Waals surface area contributed by atoms with Crippen LogP contribution in [0.5, 0.6) is 0 Å². The normalized spacial score (nSPS) is 10.4. The Bertz CT molecular complexity index is 948. The summed E-state index contributed by atoms with van der Waals surface area (Å²) < 4.78 is 27.4. The third-order valence-electron chi connectivity index (χ3n) is 3.30. The van der Waals surface area contributed by atoms with Gasteiger partial charge in [-0.2, -0.15) is 10.4 Å². The number of carbonyl (C=O) groups excluding carboxylic acids is 1. The SMILES string of the molecule is Cc1[nH]c(-c2[nH]ncc2NC(=O)c2c(F)cccc2F)nc1C#N. The number of hydrogen-bond acceptors (Lipinski definition) is 4. The molecule has 0 saturated carbocycles. The Labute approximate surface area is 134 Å². The molecule has 3 rings (SSSR count). The van der Waals surface area contributed by atoms with Gasteiger partial charge in [0.15, 0.2) is 11.5 Å². The largest absolute Gasteiger partial charge is 0.340 e. The van der Waals surface area contributed by atoms with Crippen molar-refractivity contribution in [3.63, 3.8) is 0 Å². The number of nitrogens with one attached hydrogen (secondary N) is 3. The van der Waals surface area contributed by atoms with Crippen LogP contribution in [0.15, 0.2) is 24.4 Å². The Kier molecular flexibility index (Phi) is 3.79. The van der Waals surface area contributed by atoms with Crippen LogP contribution in [-0.4, -0.2) is 26.1 Å². The van der Waals surface area contributed by atoms with Gasteiger partial charge >= 0.3 is 0 Å². The lowest BCUT2D eigenvalue weighted by Crippen LogP contribution is -2.16. The summed E-state index contributed by atoms with van der Waals surface area (Å²) in [6.07, 6.45) is 1.27. The fraction of sp³-hybridized carbons (Fsp3) is 0.0667. The minimum atomic E-state index is -0.974. The van der Waals surface area contributed by atoms with Gasteiger partial charge in [-0.3, -0.25) is 9.89 Å². The number of amides is 1. The second-order valence-electron chi connectivity index (χ2n) is 4.88. The summed E-state index contributed by atoms with van der Waals surface area (Å²) in [5.41, 5.74) is 0.486. The maximum absolute atomic E-state index is 13.7. The first-order valence-electron chi connectivity index (χ1n) is 6.77. The summed E-state index contributed by atoms with van der Waals surface area (Å²) in [7, 11) is 0. The lowest BCUT2D eigenvalue weighted by atomic mass is 10.2. The number of nitriles is 1. The van der Waals surface area contributed by atoms with Crippen molar-refractivity contribution in [2.24, 2.45) is 0 Å². The molecule has 3 aromatic rings. The number of aromatic amines is 2. The molecule has 2 aromatic heterocycles. The maximum Gasteiger partial charge on any atom is 0.261 e. The van der Waals surface area contributed by atoms with Gasteiger partial charge in [-0.1, -0.05) is 6.07 Å². The average molecular weight is 328 g/mol. The number of hydrogen-bond donors (Lipinski definition) is 3. The Hall–Kier alpha value is -3.54. The van der Waals surface area contributed by atoms with E-state index in [2.05, 4.69) is 25.5 Å². The number of nitrogens with zero attached hydrogens (tertiary/aromatic N) is 3. The van der Waals surface area contributed by atoms with Gasteiger partial charge in [-0.25, -0.2) is 13.8 Å². The van der Waals surface area contributed by atoms with Crippen LogP contribution in [0.3, 0.4) is 0 Å². The fourth-order valence-corrected chi connectivity index (χ4v) is 2.15. The van der Waals surface area contributed by atoms with Crippen LogP contribution < -0.4 is 5.32 Å². The number of benzene rings is 1. The molecule has 0 bridgehead atoms. The van der Waals surface area contributed by atoms with Gasteiger partial charge in [0.1, 0.15) is 29.0 Å².